The van der Waals surface area contributed by atoms with Gasteiger partial charge in [-0.3, -0.25) is 0 Å². The highest BCUT2D eigenvalue weighted by atomic mass is 16.6. The number of benzene rings is 1. The second-order valence-electron chi connectivity index (χ2n) is 4.34. The van der Waals surface area contributed by atoms with Crippen LogP contribution in [0.1, 0.15) is 31.4 Å². The molecule has 17 heavy (non-hydrogen) atoms. The van der Waals surface area contributed by atoms with Gasteiger partial charge in [-0.2, -0.15) is 0 Å². The summed E-state index contributed by atoms with van der Waals surface area (Å²) in [7, 11) is 1.67. The summed E-state index contributed by atoms with van der Waals surface area (Å²) in [6.07, 6.45) is 2.56. The van der Waals surface area contributed by atoms with Gasteiger partial charge in [0.2, 0.25) is 0 Å². The smallest absolute Gasteiger partial charge is 0.118 e. The normalized spacial score (nSPS) is 24.6. The third-order valence-corrected chi connectivity index (χ3v) is 3.06. The van der Waals surface area contributed by atoms with Crippen LogP contribution in [0.25, 0.3) is 0 Å². The molecule has 0 spiro atoms. The lowest BCUT2D eigenvalue weighted by atomic mass is 10.1. The summed E-state index contributed by atoms with van der Waals surface area (Å²) in [6, 6.07) is 7.98. The van der Waals surface area contributed by atoms with Crippen molar-refractivity contribution in [2.24, 2.45) is 0 Å². The average Bonchev–Trinajstić information content (AvgIpc) is 2.40. The molecular formula is C14H20O3. The summed E-state index contributed by atoms with van der Waals surface area (Å²) in [5.74, 6) is 0.870. The quantitative estimate of drug-likeness (QED) is 0.804. The highest BCUT2D eigenvalue weighted by Crippen LogP contribution is 2.25. The Labute approximate surface area is 103 Å². The first-order valence-electron chi connectivity index (χ1n) is 6.20. The topological polar surface area (TPSA) is 27.7 Å². The van der Waals surface area contributed by atoms with Crippen LogP contribution in [0.15, 0.2) is 24.3 Å². The Balaban J connectivity index is 1.91. The maximum Gasteiger partial charge on any atom is 0.118 e. The van der Waals surface area contributed by atoms with E-state index in [1.165, 1.54) is 0 Å². The molecule has 1 aromatic rings. The van der Waals surface area contributed by atoms with Crippen LogP contribution in [-0.4, -0.2) is 26.4 Å². The van der Waals surface area contributed by atoms with Crippen molar-refractivity contribution in [2.75, 3.05) is 20.3 Å². The van der Waals surface area contributed by atoms with Crippen molar-refractivity contribution in [3.05, 3.63) is 29.8 Å². The lowest BCUT2D eigenvalue weighted by Crippen LogP contribution is -2.30. The summed E-state index contributed by atoms with van der Waals surface area (Å²) in [6.45, 7) is 3.51. The fourth-order valence-corrected chi connectivity index (χ4v) is 2.04. The van der Waals surface area contributed by atoms with E-state index in [2.05, 4.69) is 6.92 Å². The zero-order chi connectivity index (χ0) is 12.1. The monoisotopic (exact) mass is 236 g/mol. The molecule has 2 atom stereocenters. The van der Waals surface area contributed by atoms with Crippen LogP contribution in [0, 0.1) is 0 Å². The van der Waals surface area contributed by atoms with Gasteiger partial charge in [0.05, 0.1) is 26.4 Å². The second-order valence-corrected chi connectivity index (χ2v) is 4.34. The van der Waals surface area contributed by atoms with Crippen LogP contribution in [0.2, 0.25) is 0 Å². The maximum absolute atomic E-state index is 5.84. The number of rotatable bonds is 4. The fourth-order valence-electron chi connectivity index (χ4n) is 2.04. The van der Waals surface area contributed by atoms with Crippen molar-refractivity contribution < 1.29 is 14.2 Å². The number of hydrogen-bond acceptors (Lipinski definition) is 3. The SMILES string of the molecule is CCC[C@H]1CO[C@H](c2ccc(OC)cc2)CO1. The lowest BCUT2D eigenvalue weighted by Gasteiger charge is -2.29. The maximum atomic E-state index is 5.84. The minimum atomic E-state index is 0.0639. The molecule has 0 N–H and O–H groups in total. The third kappa shape index (κ3) is 3.20. The first-order valence-corrected chi connectivity index (χ1v) is 6.20. The van der Waals surface area contributed by atoms with Gasteiger partial charge in [0.25, 0.3) is 0 Å². The molecule has 0 amide bonds. The van der Waals surface area contributed by atoms with Crippen LogP contribution < -0.4 is 4.74 Å². The first-order chi connectivity index (χ1) is 8.33. The molecule has 2 rings (SSSR count). The molecule has 0 bridgehead atoms. The summed E-state index contributed by atoms with van der Waals surface area (Å²) < 4.78 is 16.8. The molecular weight excluding hydrogens is 216 g/mol. The number of methoxy groups -OCH3 is 1. The minimum Gasteiger partial charge on any atom is -0.497 e. The molecule has 0 radical (unpaired) electrons. The van der Waals surface area contributed by atoms with Gasteiger partial charge in [0, 0.05) is 0 Å². The zero-order valence-electron chi connectivity index (χ0n) is 10.5. The van der Waals surface area contributed by atoms with Crippen LogP contribution in [-0.2, 0) is 9.47 Å². The van der Waals surface area contributed by atoms with Crippen molar-refractivity contribution in [3.63, 3.8) is 0 Å². The van der Waals surface area contributed by atoms with E-state index in [9.17, 15) is 0 Å². The number of hydrogen-bond donors (Lipinski definition) is 0. The molecule has 0 aromatic heterocycles. The van der Waals surface area contributed by atoms with E-state index in [4.69, 9.17) is 14.2 Å². The largest absolute Gasteiger partial charge is 0.497 e. The molecule has 0 saturated carbocycles. The Kier molecular flexibility index (Phi) is 4.40. The highest BCUT2D eigenvalue weighted by Gasteiger charge is 2.22. The molecule has 0 unspecified atom stereocenters. The Morgan fingerprint density at radius 2 is 1.94 bits per heavy atom. The predicted octanol–water partition coefficient (Wildman–Crippen LogP) is 2.95. The van der Waals surface area contributed by atoms with Crippen molar-refractivity contribution in [2.45, 2.75) is 32.0 Å². The van der Waals surface area contributed by atoms with E-state index in [0.29, 0.717) is 13.2 Å². The van der Waals surface area contributed by atoms with Gasteiger partial charge in [0.15, 0.2) is 0 Å². The molecule has 1 fully saturated rings. The molecule has 1 aliphatic rings. The second kappa shape index (κ2) is 6.03. The number of ether oxygens (including phenoxy) is 3. The molecule has 3 heteroatoms. The van der Waals surface area contributed by atoms with Gasteiger partial charge >= 0.3 is 0 Å². The lowest BCUT2D eigenvalue weighted by molar-refractivity contribution is -0.137. The average molecular weight is 236 g/mol. The molecule has 94 valence electrons. The van der Waals surface area contributed by atoms with Crippen molar-refractivity contribution in [1.82, 2.24) is 0 Å². The van der Waals surface area contributed by atoms with Crippen LogP contribution in [0.5, 0.6) is 5.75 Å². The van der Waals surface area contributed by atoms with Gasteiger partial charge in [0.1, 0.15) is 11.9 Å². The molecule has 1 aromatic carbocycles. The molecule has 3 nitrogen and oxygen atoms in total. The van der Waals surface area contributed by atoms with E-state index in [1.807, 2.05) is 24.3 Å². The minimum absolute atomic E-state index is 0.0639. The Hall–Kier alpha value is -1.06. The first kappa shape index (κ1) is 12.4. The van der Waals surface area contributed by atoms with Crippen LogP contribution >= 0.6 is 0 Å². The van der Waals surface area contributed by atoms with E-state index in [1.54, 1.807) is 7.11 Å². The van der Waals surface area contributed by atoms with E-state index >= 15 is 0 Å². The van der Waals surface area contributed by atoms with Crippen molar-refractivity contribution >= 4 is 0 Å². The van der Waals surface area contributed by atoms with Crippen LogP contribution in [0.3, 0.4) is 0 Å². The van der Waals surface area contributed by atoms with Crippen LogP contribution in [0.4, 0.5) is 0 Å². The summed E-state index contributed by atoms with van der Waals surface area (Å²) in [5, 5.41) is 0. The molecule has 1 aliphatic heterocycles. The van der Waals surface area contributed by atoms with Gasteiger partial charge in [-0.05, 0) is 24.1 Å². The zero-order valence-corrected chi connectivity index (χ0v) is 10.5. The molecule has 1 heterocycles. The standard InChI is InChI=1S/C14H20O3/c1-3-4-13-9-17-14(10-16-13)11-5-7-12(15-2)8-6-11/h5-8,13-14H,3-4,9-10H2,1-2H3/t13-,14-/m0/s1. The van der Waals surface area contributed by atoms with E-state index < -0.39 is 0 Å². The van der Waals surface area contributed by atoms with Gasteiger partial charge in [-0.25, -0.2) is 0 Å². The predicted molar refractivity (Wildman–Crippen MR) is 66.3 cm³/mol. The third-order valence-electron chi connectivity index (χ3n) is 3.06. The Morgan fingerprint density at radius 1 is 1.18 bits per heavy atom. The Morgan fingerprint density at radius 3 is 2.47 bits per heavy atom. The highest BCUT2D eigenvalue weighted by molar-refractivity contribution is 5.28. The van der Waals surface area contributed by atoms with Gasteiger partial charge in [-0.1, -0.05) is 25.5 Å². The summed E-state index contributed by atoms with van der Waals surface area (Å²) in [5.41, 5.74) is 1.15. The van der Waals surface area contributed by atoms with Gasteiger partial charge < -0.3 is 14.2 Å². The van der Waals surface area contributed by atoms with Crippen molar-refractivity contribution in [3.8, 4) is 5.75 Å². The van der Waals surface area contributed by atoms with E-state index in [-0.39, 0.29) is 12.2 Å². The fraction of sp³-hybridized carbons (Fsp3) is 0.571. The van der Waals surface area contributed by atoms with E-state index in [0.717, 1.165) is 24.2 Å². The Bertz CT molecular complexity index is 326. The summed E-state index contributed by atoms with van der Waals surface area (Å²) in [4.78, 5) is 0. The molecule has 0 aliphatic carbocycles. The summed E-state index contributed by atoms with van der Waals surface area (Å²) >= 11 is 0. The molecule has 1 saturated heterocycles. The van der Waals surface area contributed by atoms with Gasteiger partial charge in [-0.15, -0.1) is 0 Å². The van der Waals surface area contributed by atoms with Crippen molar-refractivity contribution in [1.29, 1.82) is 0 Å².